The predicted octanol–water partition coefficient (Wildman–Crippen LogP) is 2.99. The van der Waals surface area contributed by atoms with Crippen LogP contribution in [0.5, 0.6) is 0 Å². The summed E-state index contributed by atoms with van der Waals surface area (Å²) in [7, 11) is 1.72. The average Bonchev–Trinajstić information content (AvgIpc) is 2.80. The van der Waals surface area contributed by atoms with Gasteiger partial charge in [0.15, 0.2) is 0 Å². The second kappa shape index (κ2) is 5.12. The number of nitrogens with zero attached hydrogens (tertiary/aromatic N) is 4. The molecule has 0 radical (unpaired) electrons. The molecule has 0 N–H and O–H groups in total. The highest BCUT2D eigenvalue weighted by atomic mass is 35.5. The van der Waals surface area contributed by atoms with Crippen LogP contribution in [0.4, 0.5) is 5.69 Å². The first-order chi connectivity index (χ1) is 8.50. The summed E-state index contributed by atoms with van der Waals surface area (Å²) in [5.41, 5.74) is 0.753. The average molecular weight is 287 g/mol. The van der Waals surface area contributed by atoms with E-state index in [9.17, 15) is 4.79 Å². The number of hydrogen-bond acceptors (Lipinski definition) is 4. The summed E-state index contributed by atoms with van der Waals surface area (Å²) in [6.07, 6.45) is -0.222. The van der Waals surface area contributed by atoms with E-state index in [0.717, 1.165) is 5.69 Å². The van der Waals surface area contributed by atoms with Gasteiger partial charge in [-0.05, 0) is 18.2 Å². The normalized spacial score (nSPS) is 18.2. The fourth-order valence-electron chi connectivity index (χ4n) is 1.66. The Hall–Kier alpha value is -1.33. The van der Waals surface area contributed by atoms with E-state index in [-0.39, 0.29) is 12.1 Å². The Labute approximate surface area is 115 Å². The van der Waals surface area contributed by atoms with Crippen molar-refractivity contribution >= 4 is 34.8 Å². The predicted molar refractivity (Wildman–Crippen MR) is 70.9 cm³/mol. The monoisotopic (exact) mass is 286 g/mol. The minimum absolute atomic E-state index is 0.0441. The molecule has 18 heavy (non-hydrogen) atoms. The number of hydrogen-bond donors (Lipinski definition) is 0. The molecular formula is C11H12Cl2N4O. The molecule has 1 unspecified atom stereocenters. The molecule has 0 spiro atoms. The van der Waals surface area contributed by atoms with E-state index in [1.54, 1.807) is 35.2 Å². The molecule has 1 aliphatic rings. The summed E-state index contributed by atoms with van der Waals surface area (Å²) >= 11 is 11.8. The Balaban J connectivity index is 2.28. The second-order valence-electron chi connectivity index (χ2n) is 3.97. The van der Waals surface area contributed by atoms with E-state index < -0.39 is 0 Å². The third-order valence-corrected chi connectivity index (χ3v) is 3.54. The lowest BCUT2D eigenvalue weighted by Crippen LogP contribution is -2.45. The summed E-state index contributed by atoms with van der Waals surface area (Å²) < 4.78 is 0. The van der Waals surface area contributed by atoms with E-state index in [1.807, 2.05) is 0 Å². The highest BCUT2D eigenvalue weighted by molar-refractivity contribution is 6.42. The van der Waals surface area contributed by atoms with Crippen molar-refractivity contribution in [2.45, 2.75) is 13.1 Å². The molecule has 0 saturated heterocycles. The van der Waals surface area contributed by atoms with Crippen LogP contribution >= 0.6 is 23.2 Å². The quantitative estimate of drug-likeness (QED) is 0.839. The molecule has 1 amide bonds. The smallest absolute Gasteiger partial charge is 0.220 e. The van der Waals surface area contributed by atoms with Crippen LogP contribution in [0.25, 0.3) is 0 Å². The summed E-state index contributed by atoms with van der Waals surface area (Å²) in [5, 5.41) is 10.6. The second-order valence-corrected chi connectivity index (χ2v) is 4.78. The van der Waals surface area contributed by atoms with Crippen LogP contribution in [-0.4, -0.2) is 30.6 Å². The Morgan fingerprint density at radius 1 is 1.44 bits per heavy atom. The van der Waals surface area contributed by atoms with Crippen molar-refractivity contribution < 1.29 is 4.79 Å². The third-order valence-electron chi connectivity index (χ3n) is 2.80. The van der Waals surface area contributed by atoms with Gasteiger partial charge in [0.1, 0.15) is 12.7 Å². The van der Waals surface area contributed by atoms with Gasteiger partial charge in [-0.2, -0.15) is 5.11 Å². The Bertz CT molecular complexity index is 506. The molecule has 1 aliphatic heterocycles. The molecule has 96 valence electrons. The number of halogens is 2. The molecule has 7 heteroatoms. The first-order valence-electron chi connectivity index (χ1n) is 5.36. The van der Waals surface area contributed by atoms with Gasteiger partial charge in [0.25, 0.3) is 0 Å². The maximum absolute atomic E-state index is 11.4. The molecule has 1 aromatic rings. The van der Waals surface area contributed by atoms with Crippen molar-refractivity contribution in [1.82, 2.24) is 4.90 Å². The lowest BCUT2D eigenvalue weighted by molar-refractivity contribution is -0.129. The summed E-state index contributed by atoms with van der Waals surface area (Å²) in [6.45, 7) is 1.95. The van der Waals surface area contributed by atoms with Crippen LogP contribution < -0.4 is 5.01 Å². The van der Waals surface area contributed by atoms with Gasteiger partial charge in [0.05, 0.1) is 15.7 Å². The minimum atomic E-state index is -0.222. The zero-order chi connectivity index (χ0) is 13.3. The van der Waals surface area contributed by atoms with E-state index >= 15 is 0 Å². The maximum atomic E-state index is 11.4. The molecule has 5 nitrogen and oxygen atoms in total. The summed E-state index contributed by atoms with van der Waals surface area (Å²) in [4.78, 5) is 13.0. The van der Waals surface area contributed by atoms with Crippen LogP contribution in [-0.2, 0) is 4.79 Å². The number of rotatable bonds is 2. The van der Waals surface area contributed by atoms with Crippen molar-refractivity contribution in [2.24, 2.45) is 10.3 Å². The van der Waals surface area contributed by atoms with Gasteiger partial charge >= 0.3 is 0 Å². The molecule has 0 saturated carbocycles. The lowest BCUT2D eigenvalue weighted by atomic mass is 10.3. The van der Waals surface area contributed by atoms with Gasteiger partial charge in [-0.15, -0.1) is 0 Å². The molecule has 1 heterocycles. The van der Waals surface area contributed by atoms with Crippen molar-refractivity contribution in [3.05, 3.63) is 28.2 Å². The van der Waals surface area contributed by atoms with Crippen LogP contribution in [0.2, 0.25) is 10.0 Å². The number of benzene rings is 1. The van der Waals surface area contributed by atoms with Crippen LogP contribution in [0, 0.1) is 0 Å². The molecule has 0 bridgehead atoms. The van der Waals surface area contributed by atoms with Gasteiger partial charge < -0.3 is 4.90 Å². The summed E-state index contributed by atoms with van der Waals surface area (Å²) in [5.74, 6) is -0.0441. The zero-order valence-corrected chi connectivity index (χ0v) is 11.5. The summed E-state index contributed by atoms with van der Waals surface area (Å²) in [6, 6.07) is 5.19. The van der Waals surface area contributed by atoms with Gasteiger partial charge in [0.2, 0.25) is 5.91 Å². The standard InChI is InChI=1S/C11H12Cl2N4O/c1-7(18)16(2)11-6-14-15-17(11)8-3-4-9(12)10(13)5-8/h3-5,11H,6H2,1-2H3. The molecule has 2 rings (SSSR count). The number of carbonyl (C=O) groups is 1. The fraction of sp³-hybridized carbons (Fsp3) is 0.364. The minimum Gasteiger partial charge on any atom is -0.322 e. The fourth-order valence-corrected chi connectivity index (χ4v) is 1.95. The Morgan fingerprint density at radius 2 is 2.17 bits per heavy atom. The number of likely N-dealkylation sites (N-methyl/N-ethyl adjacent to an activating group) is 1. The molecular weight excluding hydrogens is 275 g/mol. The Kier molecular flexibility index (Phi) is 3.73. The first-order valence-corrected chi connectivity index (χ1v) is 6.11. The van der Waals surface area contributed by atoms with Crippen LogP contribution in [0.15, 0.2) is 28.5 Å². The van der Waals surface area contributed by atoms with Gasteiger partial charge in [-0.3, -0.25) is 4.79 Å². The van der Waals surface area contributed by atoms with E-state index in [4.69, 9.17) is 23.2 Å². The largest absolute Gasteiger partial charge is 0.322 e. The number of amides is 1. The number of carbonyl (C=O) groups excluding carboxylic acids is 1. The highest BCUT2D eigenvalue weighted by Crippen LogP contribution is 2.30. The van der Waals surface area contributed by atoms with Crippen molar-refractivity contribution in [2.75, 3.05) is 18.6 Å². The molecule has 0 aromatic heterocycles. The Morgan fingerprint density at radius 3 is 2.78 bits per heavy atom. The van der Waals surface area contributed by atoms with Crippen molar-refractivity contribution in [3.8, 4) is 0 Å². The topological polar surface area (TPSA) is 48.3 Å². The molecule has 1 atom stereocenters. The third kappa shape index (κ3) is 2.42. The van der Waals surface area contributed by atoms with Crippen LogP contribution in [0.3, 0.4) is 0 Å². The first kappa shape index (κ1) is 13.1. The van der Waals surface area contributed by atoms with E-state index in [2.05, 4.69) is 10.3 Å². The highest BCUT2D eigenvalue weighted by Gasteiger charge is 2.29. The van der Waals surface area contributed by atoms with Gasteiger partial charge in [-0.25, -0.2) is 5.01 Å². The molecule has 0 fully saturated rings. The van der Waals surface area contributed by atoms with Gasteiger partial charge in [-0.1, -0.05) is 28.4 Å². The SMILES string of the molecule is CC(=O)N(C)C1CN=NN1c1ccc(Cl)c(Cl)c1. The van der Waals surface area contributed by atoms with Crippen LogP contribution in [0.1, 0.15) is 6.92 Å². The molecule has 0 aliphatic carbocycles. The van der Waals surface area contributed by atoms with E-state index in [1.165, 1.54) is 6.92 Å². The van der Waals surface area contributed by atoms with E-state index in [0.29, 0.717) is 16.6 Å². The van der Waals surface area contributed by atoms with Crippen molar-refractivity contribution in [1.29, 1.82) is 0 Å². The number of anilines is 1. The van der Waals surface area contributed by atoms with Crippen molar-refractivity contribution in [3.63, 3.8) is 0 Å². The molecule has 1 aromatic carbocycles. The lowest BCUT2D eigenvalue weighted by Gasteiger charge is -2.29. The zero-order valence-electron chi connectivity index (χ0n) is 9.97. The van der Waals surface area contributed by atoms with Gasteiger partial charge in [0, 0.05) is 14.0 Å². The maximum Gasteiger partial charge on any atom is 0.220 e.